The third kappa shape index (κ3) is 5.80. The van der Waals surface area contributed by atoms with Gasteiger partial charge in [-0.2, -0.15) is 0 Å². The van der Waals surface area contributed by atoms with Gasteiger partial charge in [0.1, 0.15) is 23.9 Å². The highest BCUT2D eigenvalue weighted by molar-refractivity contribution is 6.31. The van der Waals surface area contributed by atoms with Crippen LogP contribution in [0.2, 0.25) is 5.02 Å². The smallest absolute Gasteiger partial charge is 0.289 e. The number of nitrogens with zero attached hydrogens (tertiary/aromatic N) is 2. The largest absolute Gasteiger partial charge is 0.486 e. The minimum atomic E-state index is -0.353. The van der Waals surface area contributed by atoms with Crippen LogP contribution in [-0.2, 0) is 13.2 Å². The Kier molecular flexibility index (Phi) is 7.11. The van der Waals surface area contributed by atoms with Crippen LogP contribution in [0.15, 0.2) is 59.0 Å². The minimum absolute atomic E-state index is 0.00386. The van der Waals surface area contributed by atoms with Crippen LogP contribution in [0.1, 0.15) is 39.2 Å². The number of ether oxygens (including phenoxy) is 1. The molecule has 1 fully saturated rings. The first-order chi connectivity index (χ1) is 15.9. The average molecular weight is 471 g/mol. The second kappa shape index (κ2) is 10.2. The molecule has 8 heteroatoms. The van der Waals surface area contributed by atoms with Gasteiger partial charge >= 0.3 is 0 Å². The molecule has 1 aliphatic rings. The molecular weight excluding hydrogens is 447 g/mol. The van der Waals surface area contributed by atoms with E-state index in [1.807, 2.05) is 0 Å². The SMILES string of the molecule is CC(=O)c1ccc(OCc2ccc(C(=O)N3CCN(Cc4ccc(F)cc4Cl)CC3)o2)cc1. The molecule has 1 saturated heterocycles. The van der Waals surface area contributed by atoms with Crippen molar-refractivity contribution in [2.45, 2.75) is 20.1 Å². The summed E-state index contributed by atoms with van der Waals surface area (Å²) in [5.74, 6) is 0.909. The molecule has 0 aliphatic carbocycles. The number of furan rings is 1. The first-order valence-corrected chi connectivity index (χ1v) is 11.0. The van der Waals surface area contributed by atoms with Crippen LogP contribution in [0, 0.1) is 5.82 Å². The van der Waals surface area contributed by atoms with Gasteiger partial charge in [0, 0.05) is 43.3 Å². The number of hydrogen-bond donors (Lipinski definition) is 0. The highest BCUT2D eigenvalue weighted by Crippen LogP contribution is 2.21. The molecule has 2 heterocycles. The minimum Gasteiger partial charge on any atom is -0.486 e. The van der Waals surface area contributed by atoms with E-state index in [2.05, 4.69) is 4.90 Å². The zero-order valence-electron chi connectivity index (χ0n) is 18.2. The maximum Gasteiger partial charge on any atom is 0.289 e. The molecule has 0 unspecified atom stereocenters. The number of hydrogen-bond acceptors (Lipinski definition) is 5. The molecule has 4 rings (SSSR count). The summed E-state index contributed by atoms with van der Waals surface area (Å²) in [5, 5.41) is 0.411. The average Bonchev–Trinajstić information content (AvgIpc) is 3.29. The Hall–Kier alpha value is -3.16. The molecule has 1 aliphatic heterocycles. The number of carbonyl (C=O) groups excluding carboxylic acids is 2. The van der Waals surface area contributed by atoms with E-state index in [1.54, 1.807) is 47.4 Å². The molecule has 1 aromatic heterocycles. The summed E-state index contributed by atoms with van der Waals surface area (Å²) in [6.45, 7) is 4.80. The van der Waals surface area contributed by atoms with Gasteiger partial charge in [-0.15, -0.1) is 0 Å². The fourth-order valence-corrected chi connectivity index (χ4v) is 3.89. The van der Waals surface area contributed by atoms with Crippen LogP contribution in [0.4, 0.5) is 4.39 Å². The normalized spacial score (nSPS) is 14.3. The summed E-state index contributed by atoms with van der Waals surface area (Å²) in [6, 6.07) is 14.7. The van der Waals surface area contributed by atoms with E-state index < -0.39 is 0 Å². The Balaban J connectivity index is 1.27. The maximum atomic E-state index is 13.2. The summed E-state index contributed by atoms with van der Waals surface area (Å²) in [4.78, 5) is 28.1. The van der Waals surface area contributed by atoms with E-state index >= 15 is 0 Å². The zero-order chi connectivity index (χ0) is 23.4. The van der Waals surface area contributed by atoms with Gasteiger partial charge in [0.2, 0.25) is 0 Å². The highest BCUT2D eigenvalue weighted by Gasteiger charge is 2.24. The topological polar surface area (TPSA) is 63.0 Å². The predicted molar refractivity (Wildman–Crippen MR) is 122 cm³/mol. The molecule has 0 radical (unpaired) electrons. The van der Waals surface area contributed by atoms with Gasteiger partial charge in [-0.05, 0) is 61.0 Å². The van der Waals surface area contributed by atoms with Gasteiger partial charge in [0.25, 0.3) is 5.91 Å². The van der Waals surface area contributed by atoms with Crippen molar-refractivity contribution in [1.82, 2.24) is 9.80 Å². The highest BCUT2D eigenvalue weighted by atomic mass is 35.5. The molecule has 3 aromatic rings. The molecule has 1 amide bonds. The van der Waals surface area contributed by atoms with E-state index in [0.717, 1.165) is 5.56 Å². The molecule has 2 aromatic carbocycles. The Morgan fingerprint density at radius 1 is 1.03 bits per heavy atom. The maximum absolute atomic E-state index is 13.2. The summed E-state index contributed by atoms with van der Waals surface area (Å²) < 4.78 is 24.6. The van der Waals surface area contributed by atoms with Crippen LogP contribution in [0.25, 0.3) is 0 Å². The molecule has 0 N–H and O–H groups in total. The molecule has 0 saturated carbocycles. The molecule has 0 spiro atoms. The lowest BCUT2D eigenvalue weighted by Crippen LogP contribution is -2.48. The monoisotopic (exact) mass is 470 g/mol. The summed E-state index contributed by atoms with van der Waals surface area (Å²) in [6.07, 6.45) is 0. The number of ketones is 1. The van der Waals surface area contributed by atoms with Crippen molar-refractivity contribution in [1.29, 1.82) is 0 Å². The predicted octanol–water partition coefficient (Wildman–Crippen LogP) is 4.81. The van der Waals surface area contributed by atoms with Crippen molar-refractivity contribution >= 4 is 23.3 Å². The number of piperazine rings is 1. The third-order valence-electron chi connectivity index (χ3n) is 5.58. The van der Waals surface area contributed by atoms with Crippen LogP contribution in [0.3, 0.4) is 0 Å². The van der Waals surface area contributed by atoms with E-state index in [4.69, 9.17) is 20.8 Å². The van der Waals surface area contributed by atoms with Gasteiger partial charge in [0.15, 0.2) is 11.5 Å². The molecule has 6 nitrogen and oxygen atoms in total. The summed E-state index contributed by atoms with van der Waals surface area (Å²) >= 11 is 6.13. The van der Waals surface area contributed by atoms with Gasteiger partial charge in [-0.1, -0.05) is 17.7 Å². The standard InChI is InChI=1S/C25H24ClFN2O4/c1-17(30)18-3-6-21(7-4-18)32-16-22-8-9-24(33-22)25(31)29-12-10-28(11-13-29)15-19-2-5-20(27)14-23(19)26/h2-9,14H,10-13,15-16H2,1H3. The van der Waals surface area contributed by atoms with E-state index in [9.17, 15) is 14.0 Å². The van der Waals surface area contributed by atoms with Crippen LogP contribution >= 0.6 is 11.6 Å². The van der Waals surface area contributed by atoms with Crippen molar-refractivity contribution in [2.24, 2.45) is 0 Å². The summed E-state index contributed by atoms with van der Waals surface area (Å²) in [5.41, 5.74) is 1.48. The number of carbonyl (C=O) groups is 2. The van der Waals surface area contributed by atoms with Gasteiger partial charge in [-0.25, -0.2) is 4.39 Å². The second-order valence-electron chi connectivity index (χ2n) is 7.94. The van der Waals surface area contributed by atoms with E-state index in [1.165, 1.54) is 19.1 Å². The lowest BCUT2D eigenvalue weighted by Gasteiger charge is -2.34. The van der Waals surface area contributed by atoms with Gasteiger partial charge in [-0.3, -0.25) is 14.5 Å². The van der Waals surface area contributed by atoms with Crippen LogP contribution in [0.5, 0.6) is 5.75 Å². The van der Waals surface area contributed by atoms with E-state index in [0.29, 0.717) is 54.8 Å². The lowest BCUT2D eigenvalue weighted by atomic mass is 10.1. The Labute approximate surface area is 196 Å². The van der Waals surface area contributed by atoms with Gasteiger partial charge < -0.3 is 14.1 Å². The van der Waals surface area contributed by atoms with Gasteiger partial charge in [0.05, 0.1) is 0 Å². The van der Waals surface area contributed by atoms with Crippen molar-refractivity contribution in [2.75, 3.05) is 26.2 Å². The zero-order valence-corrected chi connectivity index (χ0v) is 19.0. The quantitative estimate of drug-likeness (QED) is 0.464. The second-order valence-corrected chi connectivity index (χ2v) is 8.35. The van der Waals surface area contributed by atoms with Crippen molar-refractivity contribution in [3.63, 3.8) is 0 Å². The van der Waals surface area contributed by atoms with Crippen LogP contribution < -0.4 is 4.74 Å². The number of rotatable bonds is 7. The lowest BCUT2D eigenvalue weighted by molar-refractivity contribution is 0.0594. The Morgan fingerprint density at radius 3 is 2.42 bits per heavy atom. The Bertz CT molecular complexity index is 1140. The number of amides is 1. The molecule has 0 atom stereocenters. The molecule has 0 bridgehead atoms. The Morgan fingerprint density at radius 2 is 1.76 bits per heavy atom. The molecular formula is C25H24ClFN2O4. The van der Waals surface area contributed by atoms with Crippen molar-refractivity contribution < 1.29 is 23.1 Å². The fourth-order valence-electron chi connectivity index (χ4n) is 3.67. The van der Waals surface area contributed by atoms with Crippen LogP contribution in [-0.4, -0.2) is 47.7 Å². The first-order valence-electron chi connectivity index (χ1n) is 10.7. The third-order valence-corrected chi connectivity index (χ3v) is 5.93. The molecule has 33 heavy (non-hydrogen) atoms. The number of Topliss-reactive ketones (excluding diaryl/α,β-unsaturated/α-hetero) is 1. The fraction of sp³-hybridized carbons (Fsp3) is 0.280. The number of halogens is 2. The molecule has 172 valence electrons. The number of benzene rings is 2. The summed E-state index contributed by atoms with van der Waals surface area (Å²) in [7, 11) is 0. The first kappa shape index (κ1) is 23.0. The van der Waals surface area contributed by atoms with Crippen molar-refractivity contribution in [3.05, 3.63) is 88.1 Å². The van der Waals surface area contributed by atoms with Crippen molar-refractivity contribution in [3.8, 4) is 5.75 Å². The van der Waals surface area contributed by atoms with E-state index in [-0.39, 0.29) is 29.9 Å².